The summed E-state index contributed by atoms with van der Waals surface area (Å²) in [5.41, 5.74) is 3.43. The maximum atomic E-state index is 12.1. The van der Waals surface area contributed by atoms with E-state index in [0.29, 0.717) is 5.90 Å². The Labute approximate surface area is 159 Å². The number of fused-ring (bicyclic) bond motifs is 1. The van der Waals surface area contributed by atoms with Crippen LogP contribution in [0.1, 0.15) is 30.0 Å². The Kier molecular flexibility index (Phi) is 4.20. The summed E-state index contributed by atoms with van der Waals surface area (Å²) in [7, 11) is 0. The summed E-state index contributed by atoms with van der Waals surface area (Å²) in [6.45, 7) is 3.41. The lowest BCUT2D eigenvalue weighted by atomic mass is 10.1. The van der Waals surface area contributed by atoms with Gasteiger partial charge in [-0.2, -0.15) is 5.01 Å². The summed E-state index contributed by atoms with van der Waals surface area (Å²) < 4.78 is 7.09. The fourth-order valence-electron chi connectivity index (χ4n) is 3.00. The van der Waals surface area contributed by atoms with Gasteiger partial charge >= 0.3 is 0 Å². The number of hydrogen-bond acceptors (Lipinski definition) is 4. The zero-order valence-electron chi connectivity index (χ0n) is 14.3. The number of nitrogens with zero attached hydrogens (tertiary/aromatic N) is 3. The van der Waals surface area contributed by atoms with E-state index in [0.717, 1.165) is 32.2 Å². The van der Waals surface area contributed by atoms with Crippen molar-refractivity contribution in [3.05, 3.63) is 75.9 Å². The highest BCUT2D eigenvalue weighted by Crippen LogP contribution is 2.32. The molecule has 0 bridgehead atoms. The number of halogens is 1. The second-order valence-electron chi connectivity index (χ2n) is 6.12. The molecule has 2 aromatic carbocycles. The van der Waals surface area contributed by atoms with Gasteiger partial charge in [0.1, 0.15) is 0 Å². The SMILES string of the molecule is CC(=O)N1N=C(c2cc(C)nc3ccccc23)O[C@@H]1c1ccc(Br)cc1. The van der Waals surface area contributed by atoms with Crippen LogP contribution in [0.3, 0.4) is 0 Å². The first-order chi connectivity index (χ1) is 12.5. The van der Waals surface area contributed by atoms with Crippen LogP contribution in [0.25, 0.3) is 10.9 Å². The number of amides is 1. The Morgan fingerprint density at radius 1 is 1.15 bits per heavy atom. The number of carbonyl (C=O) groups excluding carboxylic acids is 1. The summed E-state index contributed by atoms with van der Waals surface area (Å²) in [5.74, 6) is 0.248. The van der Waals surface area contributed by atoms with E-state index in [2.05, 4.69) is 26.0 Å². The van der Waals surface area contributed by atoms with Gasteiger partial charge < -0.3 is 4.74 Å². The van der Waals surface area contributed by atoms with Gasteiger partial charge in [0.2, 0.25) is 18.0 Å². The van der Waals surface area contributed by atoms with E-state index in [1.54, 1.807) is 0 Å². The van der Waals surface area contributed by atoms with E-state index in [1.165, 1.54) is 11.9 Å². The molecule has 2 heterocycles. The fraction of sp³-hybridized carbons (Fsp3) is 0.150. The smallest absolute Gasteiger partial charge is 0.243 e. The quantitative estimate of drug-likeness (QED) is 0.623. The lowest BCUT2D eigenvalue weighted by Gasteiger charge is -2.19. The molecule has 0 aliphatic carbocycles. The minimum Gasteiger partial charge on any atom is -0.446 e. The molecule has 4 rings (SSSR count). The molecule has 6 heteroatoms. The van der Waals surface area contributed by atoms with Gasteiger partial charge in [-0.15, -0.1) is 5.10 Å². The highest BCUT2D eigenvalue weighted by atomic mass is 79.9. The number of ether oxygens (including phenoxy) is 1. The molecule has 0 saturated heterocycles. The second kappa shape index (κ2) is 6.53. The highest BCUT2D eigenvalue weighted by molar-refractivity contribution is 9.10. The third-order valence-electron chi connectivity index (χ3n) is 4.20. The van der Waals surface area contributed by atoms with Crippen LogP contribution >= 0.6 is 15.9 Å². The average molecular weight is 410 g/mol. The number of pyridine rings is 1. The molecule has 5 nitrogen and oxygen atoms in total. The minimum absolute atomic E-state index is 0.178. The Bertz CT molecular complexity index is 1030. The lowest BCUT2D eigenvalue weighted by molar-refractivity contribution is -0.135. The molecule has 1 aromatic heterocycles. The van der Waals surface area contributed by atoms with E-state index < -0.39 is 6.23 Å². The van der Waals surface area contributed by atoms with Gasteiger partial charge in [0.15, 0.2) is 0 Å². The maximum absolute atomic E-state index is 12.1. The maximum Gasteiger partial charge on any atom is 0.243 e. The van der Waals surface area contributed by atoms with Crippen molar-refractivity contribution < 1.29 is 9.53 Å². The van der Waals surface area contributed by atoms with Crippen molar-refractivity contribution in [1.82, 2.24) is 9.99 Å². The molecule has 0 radical (unpaired) electrons. The Morgan fingerprint density at radius 2 is 1.88 bits per heavy atom. The molecule has 1 atom stereocenters. The first-order valence-electron chi connectivity index (χ1n) is 8.20. The third-order valence-corrected chi connectivity index (χ3v) is 4.73. The van der Waals surface area contributed by atoms with E-state index in [1.807, 2.05) is 61.5 Å². The van der Waals surface area contributed by atoms with Crippen LogP contribution in [-0.4, -0.2) is 21.8 Å². The van der Waals surface area contributed by atoms with Crippen molar-refractivity contribution >= 4 is 38.6 Å². The molecule has 0 saturated carbocycles. The van der Waals surface area contributed by atoms with Gasteiger partial charge in [-0.1, -0.05) is 46.3 Å². The largest absolute Gasteiger partial charge is 0.446 e. The Morgan fingerprint density at radius 3 is 2.62 bits per heavy atom. The molecule has 1 aliphatic rings. The van der Waals surface area contributed by atoms with Crippen molar-refractivity contribution in [3.8, 4) is 0 Å². The van der Waals surface area contributed by atoms with E-state index >= 15 is 0 Å². The highest BCUT2D eigenvalue weighted by Gasteiger charge is 2.33. The normalized spacial score (nSPS) is 16.5. The summed E-state index contributed by atoms with van der Waals surface area (Å²) >= 11 is 3.42. The van der Waals surface area contributed by atoms with Crippen molar-refractivity contribution in [2.24, 2.45) is 5.10 Å². The van der Waals surface area contributed by atoms with Crippen LogP contribution in [-0.2, 0) is 9.53 Å². The van der Waals surface area contributed by atoms with Gasteiger partial charge in [0, 0.05) is 33.6 Å². The number of benzene rings is 2. The first-order valence-corrected chi connectivity index (χ1v) is 8.99. The zero-order valence-corrected chi connectivity index (χ0v) is 15.9. The molecular weight excluding hydrogens is 394 g/mol. The number of para-hydroxylation sites is 1. The fourth-order valence-corrected chi connectivity index (χ4v) is 3.27. The average Bonchev–Trinajstić information content (AvgIpc) is 3.07. The van der Waals surface area contributed by atoms with Gasteiger partial charge in [-0.3, -0.25) is 9.78 Å². The predicted molar refractivity (Wildman–Crippen MR) is 104 cm³/mol. The summed E-state index contributed by atoms with van der Waals surface area (Å²) in [4.78, 5) is 16.7. The Balaban J connectivity index is 1.80. The first kappa shape index (κ1) is 16.7. The van der Waals surface area contributed by atoms with Gasteiger partial charge in [-0.25, -0.2) is 0 Å². The van der Waals surface area contributed by atoms with Crippen LogP contribution in [0.4, 0.5) is 0 Å². The monoisotopic (exact) mass is 409 g/mol. The van der Waals surface area contributed by atoms with Gasteiger partial charge in [0.25, 0.3) is 0 Å². The van der Waals surface area contributed by atoms with E-state index in [9.17, 15) is 4.79 Å². The predicted octanol–water partition coefficient (Wildman–Crippen LogP) is 4.54. The Hall–Kier alpha value is -2.73. The van der Waals surface area contributed by atoms with Gasteiger partial charge in [-0.05, 0) is 31.2 Å². The molecule has 0 spiro atoms. The molecule has 0 fully saturated rings. The molecule has 3 aromatic rings. The third kappa shape index (κ3) is 2.97. The number of carbonyl (C=O) groups is 1. The number of hydrogen-bond donors (Lipinski definition) is 0. The van der Waals surface area contributed by atoms with Crippen molar-refractivity contribution in [1.29, 1.82) is 0 Å². The standard InChI is InChI=1S/C20H16BrN3O2/c1-12-11-17(16-5-3-4-6-18(16)22-12)19-23-24(13(2)25)20(26-19)14-7-9-15(21)10-8-14/h3-11,20H,1-2H3/t20-/m1/s1. The van der Waals surface area contributed by atoms with Crippen molar-refractivity contribution in [2.45, 2.75) is 20.1 Å². The van der Waals surface area contributed by atoms with Crippen LogP contribution < -0.4 is 0 Å². The molecule has 1 aliphatic heterocycles. The molecular formula is C20H16BrN3O2. The van der Waals surface area contributed by atoms with E-state index in [4.69, 9.17) is 4.74 Å². The number of aromatic nitrogens is 1. The molecule has 0 unspecified atom stereocenters. The second-order valence-corrected chi connectivity index (χ2v) is 7.03. The van der Waals surface area contributed by atoms with Crippen LogP contribution in [0.2, 0.25) is 0 Å². The van der Waals surface area contributed by atoms with E-state index in [-0.39, 0.29) is 5.91 Å². The minimum atomic E-state index is -0.581. The summed E-state index contributed by atoms with van der Waals surface area (Å²) in [6, 6.07) is 17.4. The molecule has 0 N–H and O–H groups in total. The van der Waals surface area contributed by atoms with Crippen LogP contribution in [0.15, 0.2) is 64.2 Å². The molecule has 130 valence electrons. The lowest BCUT2D eigenvalue weighted by Crippen LogP contribution is -2.25. The van der Waals surface area contributed by atoms with Crippen molar-refractivity contribution in [2.75, 3.05) is 0 Å². The van der Waals surface area contributed by atoms with Crippen LogP contribution in [0, 0.1) is 6.92 Å². The molecule has 26 heavy (non-hydrogen) atoms. The summed E-state index contributed by atoms with van der Waals surface area (Å²) in [5, 5.41) is 6.79. The van der Waals surface area contributed by atoms with Crippen molar-refractivity contribution in [3.63, 3.8) is 0 Å². The number of aryl methyl sites for hydroxylation is 1. The van der Waals surface area contributed by atoms with Gasteiger partial charge in [0.05, 0.1) is 5.52 Å². The zero-order chi connectivity index (χ0) is 18.3. The molecule has 1 amide bonds. The topological polar surface area (TPSA) is 54.8 Å². The van der Waals surface area contributed by atoms with Crippen LogP contribution in [0.5, 0.6) is 0 Å². The number of rotatable bonds is 2. The number of hydrazone groups is 1. The summed E-state index contributed by atoms with van der Waals surface area (Å²) in [6.07, 6.45) is -0.581.